The van der Waals surface area contributed by atoms with Gasteiger partial charge in [-0.3, -0.25) is 0 Å². The van der Waals surface area contributed by atoms with E-state index in [1.54, 1.807) is 7.11 Å². The molecule has 74 heavy (non-hydrogen) atoms. The van der Waals surface area contributed by atoms with Gasteiger partial charge in [0.2, 0.25) is 0 Å². The molecule has 9 rings (SSSR count). The molecule has 0 spiro atoms. The zero-order valence-electron chi connectivity index (χ0n) is 43.7. The normalized spacial score (nSPS) is 54.9. The van der Waals surface area contributed by atoms with Crippen molar-refractivity contribution in [2.45, 2.75) is 240 Å². The molecule has 0 radical (unpaired) electrons. The fraction of sp³-hybridized carbons (Fsp3) is 0.962. The monoisotopic (exact) mass is 1060 g/mol. The minimum atomic E-state index is -1.74. The number of ether oxygens (including phenoxy) is 10. The smallest absolute Gasteiger partial charge is 0.187 e. The van der Waals surface area contributed by atoms with Crippen LogP contribution in [0.1, 0.15) is 99.3 Å². The number of aliphatic hydroxyl groups excluding tert-OH is 12. The van der Waals surface area contributed by atoms with Crippen LogP contribution in [0.2, 0.25) is 0 Å². The van der Waals surface area contributed by atoms with Crippen molar-refractivity contribution in [1.82, 2.24) is 0 Å². The highest BCUT2D eigenvalue weighted by Gasteiger charge is 2.68. The Balaban J connectivity index is 0.854. The summed E-state index contributed by atoms with van der Waals surface area (Å²) in [5.41, 5.74) is 1.19. The van der Waals surface area contributed by atoms with Gasteiger partial charge in [0.25, 0.3) is 0 Å². The van der Waals surface area contributed by atoms with Gasteiger partial charge in [-0.15, -0.1) is 0 Å². The molecule has 8 fully saturated rings. The third-order valence-electron chi connectivity index (χ3n) is 19.8. The first kappa shape index (κ1) is 57.5. The van der Waals surface area contributed by atoms with Gasteiger partial charge in [0, 0.05) is 19.4 Å². The van der Waals surface area contributed by atoms with E-state index in [0.717, 1.165) is 32.1 Å². The summed E-state index contributed by atoms with van der Waals surface area (Å²) in [7, 11) is 1.72. The molecule has 4 aliphatic carbocycles. The molecule has 1 unspecified atom stereocenters. The molecule has 426 valence electrons. The molecule has 0 bridgehead atoms. The second-order valence-corrected chi connectivity index (χ2v) is 24.0. The first-order chi connectivity index (χ1) is 35.0. The Morgan fingerprint density at radius 3 is 1.86 bits per heavy atom. The molecule has 5 heterocycles. The van der Waals surface area contributed by atoms with Gasteiger partial charge in [0.05, 0.1) is 44.2 Å². The maximum Gasteiger partial charge on any atom is 0.187 e. The van der Waals surface area contributed by atoms with Crippen molar-refractivity contribution in [3.8, 4) is 0 Å². The van der Waals surface area contributed by atoms with Crippen LogP contribution in [0.15, 0.2) is 11.6 Å². The molecule has 0 aromatic rings. The molecular weight excluding hydrogens is 977 g/mol. The van der Waals surface area contributed by atoms with Crippen molar-refractivity contribution >= 4 is 0 Å². The highest BCUT2D eigenvalue weighted by Crippen LogP contribution is 2.70. The summed E-state index contributed by atoms with van der Waals surface area (Å²) in [6.45, 7) is 11.1. The zero-order chi connectivity index (χ0) is 53.5. The zero-order valence-corrected chi connectivity index (χ0v) is 43.7. The van der Waals surface area contributed by atoms with E-state index in [2.05, 4.69) is 26.8 Å². The summed E-state index contributed by atoms with van der Waals surface area (Å²) in [6.07, 6.45) is -19.4. The Morgan fingerprint density at radius 1 is 0.649 bits per heavy atom. The minimum Gasteiger partial charge on any atom is -0.394 e. The number of fused-ring (bicyclic) bond motifs is 7. The lowest BCUT2D eigenvalue weighted by molar-refractivity contribution is -0.388. The average molecular weight is 1060 g/mol. The lowest BCUT2D eigenvalue weighted by atomic mass is 9.47. The summed E-state index contributed by atoms with van der Waals surface area (Å²) < 4.78 is 61.5. The fourth-order valence-corrected chi connectivity index (χ4v) is 15.3. The van der Waals surface area contributed by atoms with Gasteiger partial charge in [-0.25, -0.2) is 0 Å². The quantitative estimate of drug-likeness (QED) is 0.0846. The predicted octanol–water partition coefficient (Wildman–Crippen LogP) is -1.33. The summed E-state index contributed by atoms with van der Waals surface area (Å²) in [4.78, 5) is 0. The number of allylic oxidation sites excluding steroid dienone is 1. The van der Waals surface area contributed by atoms with E-state index in [0.29, 0.717) is 43.4 Å². The van der Waals surface area contributed by atoms with Crippen LogP contribution in [0.5, 0.6) is 0 Å². The van der Waals surface area contributed by atoms with Crippen LogP contribution < -0.4 is 0 Å². The third-order valence-corrected chi connectivity index (χ3v) is 19.8. The van der Waals surface area contributed by atoms with E-state index in [-0.39, 0.29) is 41.3 Å². The van der Waals surface area contributed by atoms with Gasteiger partial charge in [-0.05, 0) is 106 Å². The Kier molecular flexibility index (Phi) is 17.4. The first-order valence-electron chi connectivity index (χ1n) is 27.2. The Hall–Kier alpha value is -1.14. The largest absolute Gasteiger partial charge is 0.394 e. The summed E-state index contributed by atoms with van der Waals surface area (Å²) >= 11 is 0. The Morgan fingerprint density at radius 2 is 1.24 bits per heavy atom. The average Bonchev–Trinajstić information content (AvgIpc) is 3.84. The number of methoxy groups -OCH3 is 1. The van der Waals surface area contributed by atoms with E-state index < -0.39 is 148 Å². The molecule has 31 atom stereocenters. The topological polar surface area (TPSA) is 335 Å². The molecule has 9 aliphatic rings. The molecule has 3 saturated carbocycles. The van der Waals surface area contributed by atoms with E-state index in [9.17, 15) is 61.3 Å². The lowest BCUT2D eigenvalue weighted by Crippen LogP contribution is -2.66. The van der Waals surface area contributed by atoms with Crippen molar-refractivity contribution in [2.24, 2.45) is 46.3 Å². The van der Waals surface area contributed by atoms with Crippen molar-refractivity contribution in [1.29, 1.82) is 0 Å². The molecule has 22 heteroatoms. The van der Waals surface area contributed by atoms with Crippen LogP contribution in [-0.4, -0.2) is 229 Å². The number of hydrogen-bond acceptors (Lipinski definition) is 22. The molecule has 0 amide bonds. The van der Waals surface area contributed by atoms with Gasteiger partial charge in [0.1, 0.15) is 85.5 Å². The lowest BCUT2D eigenvalue weighted by Gasteiger charge is -2.58. The van der Waals surface area contributed by atoms with Crippen LogP contribution in [0.25, 0.3) is 0 Å². The molecule has 5 aliphatic heterocycles. The minimum absolute atomic E-state index is 0.00465. The van der Waals surface area contributed by atoms with Crippen LogP contribution in [0.3, 0.4) is 0 Å². The maximum atomic E-state index is 12.1. The van der Waals surface area contributed by atoms with Gasteiger partial charge in [-0.2, -0.15) is 0 Å². The molecule has 0 aromatic carbocycles. The SMILES string of the molecule is CO[C@]1(CC[C@H](C)CO[C@@H]2O[C@H](CO)[C@@H](O)[C@H](O)[C@H]2O)O[C@H]2C[C@H]3[C@@H]4CC=C5C[C@@H](O[C@@H]6O[C@H](CO)[C@@H](O[C@@H]7O[C@@H](C)[C@H](O)[C@@H](O)[C@H]7O)[C@H](O)[C@H]6OC6O[C@@H](C)[C@H](O)[C@@H](O)[C@H]6O)CC[C@]5(C)[C@H]4CC[C@]3(C)[C@H]2[C@@H]1C. The molecule has 5 saturated heterocycles. The van der Waals surface area contributed by atoms with Crippen LogP contribution in [0, 0.1) is 46.3 Å². The number of aliphatic hydroxyl groups is 12. The number of rotatable bonds is 15. The Labute approximate surface area is 432 Å². The van der Waals surface area contributed by atoms with Gasteiger partial charge in [-0.1, -0.05) is 39.3 Å². The summed E-state index contributed by atoms with van der Waals surface area (Å²) in [6, 6.07) is 0. The van der Waals surface area contributed by atoms with E-state index in [4.69, 9.17) is 47.4 Å². The van der Waals surface area contributed by atoms with Crippen molar-refractivity contribution in [3.63, 3.8) is 0 Å². The molecular formula is C52H86O22. The second-order valence-electron chi connectivity index (χ2n) is 24.0. The van der Waals surface area contributed by atoms with Gasteiger partial charge in [0.15, 0.2) is 30.9 Å². The summed E-state index contributed by atoms with van der Waals surface area (Å²) in [5.74, 6) is 0.884. The van der Waals surface area contributed by atoms with Gasteiger partial charge >= 0.3 is 0 Å². The summed E-state index contributed by atoms with van der Waals surface area (Å²) in [5, 5.41) is 127. The van der Waals surface area contributed by atoms with E-state index in [1.165, 1.54) is 19.4 Å². The predicted molar refractivity (Wildman–Crippen MR) is 254 cm³/mol. The maximum absolute atomic E-state index is 12.1. The van der Waals surface area contributed by atoms with Crippen LogP contribution in [0.4, 0.5) is 0 Å². The number of hydrogen-bond donors (Lipinski definition) is 12. The van der Waals surface area contributed by atoms with E-state index >= 15 is 0 Å². The highest BCUT2D eigenvalue weighted by molar-refractivity contribution is 5.26. The second kappa shape index (κ2) is 22.4. The van der Waals surface area contributed by atoms with Crippen molar-refractivity contribution in [2.75, 3.05) is 26.9 Å². The van der Waals surface area contributed by atoms with Crippen molar-refractivity contribution < 1.29 is 109 Å². The third kappa shape index (κ3) is 10.1. The first-order valence-corrected chi connectivity index (χ1v) is 27.2. The molecule has 12 N–H and O–H groups in total. The van der Waals surface area contributed by atoms with E-state index in [1.807, 2.05) is 6.92 Å². The van der Waals surface area contributed by atoms with Crippen LogP contribution >= 0.6 is 0 Å². The van der Waals surface area contributed by atoms with Crippen molar-refractivity contribution in [3.05, 3.63) is 11.6 Å². The Bertz CT molecular complexity index is 1920. The standard InChI is InChI=1S/C52H86O22/c1-21(20-66-46-40(61)39(60)36(57)31(18-53)70-46)10-15-52(65-7)22(2)33-30(74-52)17-29-27-9-8-25-16-26(11-13-50(25,5)28(27)12-14-51(29,33)6)69-49-45(73-48-42(63)38(59)35(56)24(4)68-48)43(64)44(32(19-54)71-49)72-47-41(62)37(58)34(55)23(3)67-47/h8,21-24,26-49,53-64H,9-20H2,1-7H3/t21-,22-,23-,24-,26-,27+,28-,29-,30-,31+,32+,33-,34-,35-,36+,37+,38+,39-,40+,41+,42+,43-,44+,45+,46+,47-,48?,49+,50-,51-,52+/m0/s1. The molecule has 0 aromatic heterocycles. The van der Waals surface area contributed by atoms with Crippen LogP contribution in [-0.2, 0) is 47.4 Å². The molecule has 22 nitrogen and oxygen atoms in total. The highest BCUT2D eigenvalue weighted by atomic mass is 16.8. The fourth-order valence-electron chi connectivity index (χ4n) is 15.3. The van der Waals surface area contributed by atoms with Gasteiger partial charge < -0.3 is 109 Å².